The summed E-state index contributed by atoms with van der Waals surface area (Å²) in [6.07, 6.45) is 4.07. The Balaban J connectivity index is 1.34. The Labute approximate surface area is 202 Å². The third kappa shape index (κ3) is 4.17. The second kappa shape index (κ2) is 8.37. The third-order valence-corrected chi connectivity index (χ3v) is 7.47. The summed E-state index contributed by atoms with van der Waals surface area (Å²) in [6.45, 7) is 7.91. The van der Waals surface area contributed by atoms with Crippen LogP contribution in [0.1, 0.15) is 57.6 Å². The van der Waals surface area contributed by atoms with Crippen molar-refractivity contribution in [2.24, 2.45) is 5.41 Å². The molecule has 6 nitrogen and oxygen atoms in total. The smallest absolute Gasteiger partial charge is 0.235 e. The average Bonchev–Trinajstić information content (AvgIpc) is 3.31. The molecule has 0 bridgehead atoms. The summed E-state index contributed by atoms with van der Waals surface area (Å²) in [6, 6.07) is 12.5. The molecule has 5 rings (SSSR count). The number of hydrogen-bond acceptors (Lipinski definition) is 5. The molecule has 1 fully saturated rings. The van der Waals surface area contributed by atoms with E-state index in [-0.39, 0.29) is 23.8 Å². The predicted octanol–water partition coefficient (Wildman–Crippen LogP) is 3.80. The van der Waals surface area contributed by atoms with Gasteiger partial charge in [-0.1, -0.05) is 26.8 Å². The van der Waals surface area contributed by atoms with Gasteiger partial charge in [0.2, 0.25) is 12.7 Å². The lowest BCUT2D eigenvalue weighted by atomic mass is 9.84. The minimum absolute atomic E-state index is 0.0370. The van der Waals surface area contributed by atoms with Gasteiger partial charge in [0.05, 0.1) is 11.1 Å². The van der Waals surface area contributed by atoms with E-state index >= 15 is 0 Å². The SMILES string of the molecule is BC(=O)CCCN1c2ccc(NC(=O)C3(c4ccc5c(c4)OCO5)CC3)cc2CC1C(C)(C)C. The van der Waals surface area contributed by atoms with E-state index in [1.165, 1.54) is 11.3 Å². The number of benzene rings is 2. The first-order valence-electron chi connectivity index (χ1n) is 12.3. The van der Waals surface area contributed by atoms with Crippen LogP contribution in [0.4, 0.5) is 11.4 Å². The van der Waals surface area contributed by atoms with Crippen molar-refractivity contribution in [2.75, 3.05) is 23.6 Å². The minimum atomic E-state index is -0.493. The summed E-state index contributed by atoms with van der Waals surface area (Å²) in [7, 11) is 1.66. The molecule has 0 saturated heterocycles. The summed E-state index contributed by atoms with van der Waals surface area (Å²) in [5, 5.41) is 3.19. The van der Waals surface area contributed by atoms with Crippen molar-refractivity contribution in [3.05, 3.63) is 47.5 Å². The third-order valence-electron chi connectivity index (χ3n) is 7.47. The van der Waals surface area contributed by atoms with Gasteiger partial charge in [0, 0.05) is 24.0 Å². The Morgan fingerprint density at radius 1 is 1.12 bits per heavy atom. The highest BCUT2D eigenvalue weighted by atomic mass is 16.7. The zero-order chi connectivity index (χ0) is 24.1. The molecule has 1 unspecified atom stereocenters. The maximum absolute atomic E-state index is 13.4. The van der Waals surface area contributed by atoms with Crippen LogP contribution in [0.5, 0.6) is 11.5 Å². The first-order valence-corrected chi connectivity index (χ1v) is 12.3. The van der Waals surface area contributed by atoms with Crippen LogP contribution < -0.4 is 19.7 Å². The number of anilines is 2. The van der Waals surface area contributed by atoms with Gasteiger partial charge in [-0.25, -0.2) is 0 Å². The molecular weight excluding hydrogens is 427 g/mol. The van der Waals surface area contributed by atoms with Gasteiger partial charge < -0.3 is 24.5 Å². The summed E-state index contributed by atoms with van der Waals surface area (Å²) >= 11 is 0. The Hall–Kier alpha value is -2.96. The molecule has 178 valence electrons. The second-order valence-electron chi connectivity index (χ2n) is 11.0. The number of carbonyl (C=O) groups excluding carboxylic acids is 2. The van der Waals surface area contributed by atoms with Gasteiger partial charge in [-0.3, -0.25) is 4.79 Å². The van der Waals surface area contributed by atoms with Crippen LogP contribution in [-0.2, 0) is 21.4 Å². The molecule has 34 heavy (non-hydrogen) atoms. The fourth-order valence-corrected chi connectivity index (χ4v) is 5.36. The molecular formula is C27H33BN2O4. The van der Waals surface area contributed by atoms with Crippen LogP contribution in [0.25, 0.3) is 0 Å². The van der Waals surface area contributed by atoms with E-state index in [1.54, 1.807) is 7.85 Å². The van der Waals surface area contributed by atoms with Gasteiger partial charge in [-0.2, -0.15) is 0 Å². The van der Waals surface area contributed by atoms with Gasteiger partial charge in [-0.05, 0) is 79.0 Å². The molecule has 1 atom stereocenters. The van der Waals surface area contributed by atoms with Gasteiger partial charge in [0.25, 0.3) is 0 Å². The summed E-state index contributed by atoms with van der Waals surface area (Å²) < 4.78 is 10.9. The van der Waals surface area contributed by atoms with Crippen molar-refractivity contribution in [2.45, 2.75) is 64.3 Å². The lowest BCUT2D eigenvalue weighted by Gasteiger charge is -2.37. The van der Waals surface area contributed by atoms with Crippen molar-refractivity contribution >= 4 is 30.8 Å². The lowest BCUT2D eigenvalue weighted by Crippen LogP contribution is -2.42. The van der Waals surface area contributed by atoms with Gasteiger partial charge in [0.15, 0.2) is 19.3 Å². The van der Waals surface area contributed by atoms with Gasteiger partial charge in [-0.15, -0.1) is 0 Å². The lowest BCUT2D eigenvalue weighted by molar-refractivity contribution is -0.118. The number of nitrogens with zero attached hydrogens (tertiary/aromatic N) is 1. The Morgan fingerprint density at radius 3 is 2.59 bits per heavy atom. The molecule has 2 heterocycles. The van der Waals surface area contributed by atoms with Crippen molar-refractivity contribution in [3.63, 3.8) is 0 Å². The monoisotopic (exact) mass is 460 g/mol. The molecule has 1 aliphatic carbocycles. The number of hydrogen-bond donors (Lipinski definition) is 1. The van der Waals surface area contributed by atoms with E-state index in [0.717, 1.165) is 49.2 Å². The summed E-state index contributed by atoms with van der Waals surface area (Å²) in [4.78, 5) is 27.3. The Morgan fingerprint density at radius 2 is 1.88 bits per heavy atom. The van der Waals surface area contributed by atoms with Crippen molar-refractivity contribution in [3.8, 4) is 11.5 Å². The van der Waals surface area contributed by atoms with Gasteiger partial charge >= 0.3 is 0 Å². The molecule has 1 amide bonds. The number of ether oxygens (including phenoxy) is 2. The highest BCUT2D eigenvalue weighted by Crippen LogP contribution is 2.51. The number of carbonyl (C=O) groups is 2. The van der Waals surface area contributed by atoms with E-state index in [4.69, 9.17) is 9.47 Å². The standard InChI is InChI=1S/C27H33BN2O4/c1-26(2,3)23-14-17-13-19(7-8-20(17)30(23)12-4-5-24(28)31)29-25(32)27(10-11-27)18-6-9-21-22(15-18)34-16-33-21/h6-9,13,15,23H,4-5,10-12,14,16,28H2,1-3H3,(H,29,32). The van der Waals surface area contributed by atoms with Crippen LogP contribution in [-0.4, -0.2) is 38.8 Å². The maximum atomic E-state index is 13.4. The topological polar surface area (TPSA) is 67.9 Å². The van der Waals surface area contributed by atoms with Crippen molar-refractivity contribution < 1.29 is 19.1 Å². The van der Waals surface area contributed by atoms with E-state index in [2.05, 4.69) is 43.1 Å². The van der Waals surface area contributed by atoms with Crippen LogP contribution in [0.2, 0.25) is 0 Å². The first kappa shape index (κ1) is 22.8. The molecule has 1 saturated carbocycles. The van der Waals surface area contributed by atoms with Crippen LogP contribution in [0.15, 0.2) is 36.4 Å². The van der Waals surface area contributed by atoms with E-state index in [9.17, 15) is 9.59 Å². The Bertz CT molecular complexity index is 1140. The maximum Gasteiger partial charge on any atom is 0.235 e. The highest BCUT2D eigenvalue weighted by Gasteiger charge is 2.51. The van der Waals surface area contributed by atoms with Crippen LogP contribution in [0, 0.1) is 5.41 Å². The molecule has 2 aromatic carbocycles. The predicted molar refractivity (Wildman–Crippen MR) is 136 cm³/mol. The fraction of sp³-hybridized carbons (Fsp3) is 0.481. The number of nitrogens with one attached hydrogen (secondary N) is 1. The quantitative estimate of drug-likeness (QED) is 0.637. The molecule has 0 spiro atoms. The molecule has 0 radical (unpaired) electrons. The minimum Gasteiger partial charge on any atom is -0.454 e. The Kier molecular flexibility index (Phi) is 5.61. The molecule has 2 aromatic rings. The van der Waals surface area contributed by atoms with E-state index in [1.807, 2.05) is 24.3 Å². The zero-order valence-electron chi connectivity index (χ0n) is 20.6. The molecule has 2 aliphatic heterocycles. The largest absolute Gasteiger partial charge is 0.454 e. The van der Waals surface area contributed by atoms with Crippen LogP contribution in [0.3, 0.4) is 0 Å². The average molecular weight is 460 g/mol. The number of amides is 1. The second-order valence-corrected chi connectivity index (χ2v) is 11.0. The molecule has 1 N–H and O–H groups in total. The van der Waals surface area contributed by atoms with Crippen molar-refractivity contribution in [1.29, 1.82) is 0 Å². The number of rotatable bonds is 7. The summed E-state index contributed by atoms with van der Waals surface area (Å²) in [5.74, 6) is 1.49. The number of fused-ring (bicyclic) bond motifs is 2. The fourth-order valence-electron chi connectivity index (χ4n) is 5.36. The normalized spacial score (nSPS) is 19.6. The van der Waals surface area contributed by atoms with Crippen molar-refractivity contribution in [1.82, 2.24) is 0 Å². The summed E-state index contributed by atoms with van der Waals surface area (Å²) in [5.41, 5.74) is 4.16. The van der Waals surface area contributed by atoms with Gasteiger partial charge in [0.1, 0.15) is 0 Å². The van der Waals surface area contributed by atoms with E-state index in [0.29, 0.717) is 18.2 Å². The molecule has 7 heteroatoms. The zero-order valence-corrected chi connectivity index (χ0v) is 20.6. The first-order chi connectivity index (χ1) is 16.2. The molecule has 3 aliphatic rings. The van der Waals surface area contributed by atoms with E-state index < -0.39 is 5.41 Å². The van der Waals surface area contributed by atoms with Crippen LogP contribution >= 0.6 is 0 Å². The highest BCUT2D eigenvalue weighted by molar-refractivity contribution is 6.57. The molecule has 0 aromatic heterocycles.